The van der Waals surface area contributed by atoms with E-state index in [2.05, 4.69) is 10.4 Å². The smallest absolute Gasteiger partial charge is 0.266 e. The van der Waals surface area contributed by atoms with Gasteiger partial charge >= 0.3 is 0 Å². The summed E-state index contributed by atoms with van der Waals surface area (Å²) >= 11 is 1.39. The fourth-order valence-corrected chi connectivity index (χ4v) is 2.63. The van der Waals surface area contributed by atoms with Gasteiger partial charge in [-0.1, -0.05) is 18.2 Å². The van der Waals surface area contributed by atoms with E-state index in [1.54, 1.807) is 19.2 Å². The van der Waals surface area contributed by atoms with E-state index < -0.39 is 0 Å². The summed E-state index contributed by atoms with van der Waals surface area (Å²) in [5.41, 5.74) is 2.03. The molecule has 5 nitrogen and oxygen atoms in total. The van der Waals surface area contributed by atoms with Crippen LogP contribution in [0.15, 0.2) is 58.7 Å². The Morgan fingerprint density at radius 1 is 1.18 bits per heavy atom. The zero-order chi connectivity index (χ0) is 15.5. The van der Waals surface area contributed by atoms with Crippen molar-refractivity contribution < 1.29 is 4.79 Å². The van der Waals surface area contributed by atoms with Gasteiger partial charge in [0.25, 0.3) is 11.5 Å². The van der Waals surface area contributed by atoms with Gasteiger partial charge in [-0.25, -0.2) is 4.68 Å². The largest absolute Gasteiger partial charge is 0.321 e. The first-order chi connectivity index (χ1) is 10.6. The van der Waals surface area contributed by atoms with Crippen molar-refractivity contribution in [1.82, 2.24) is 9.78 Å². The molecule has 0 bridgehead atoms. The number of thiophene rings is 1. The van der Waals surface area contributed by atoms with Crippen molar-refractivity contribution in [1.29, 1.82) is 0 Å². The van der Waals surface area contributed by atoms with E-state index in [9.17, 15) is 9.59 Å². The Morgan fingerprint density at radius 3 is 2.77 bits per heavy atom. The lowest BCUT2D eigenvalue weighted by atomic mass is 10.1. The molecule has 2 heterocycles. The minimum atomic E-state index is -0.161. The molecular formula is C16H13N3O2S. The maximum absolute atomic E-state index is 12.1. The highest BCUT2D eigenvalue weighted by Gasteiger charge is 2.08. The average molecular weight is 311 g/mol. The number of amides is 1. The van der Waals surface area contributed by atoms with Crippen LogP contribution in [0.25, 0.3) is 11.3 Å². The lowest BCUT2D eigenvalue weighted by Gasteiger charge is -2.07. The van der Waals surface area contributed by atoms with Crippen molar-refractivity contribution in [2.24, 2.45) is 7.05 Å². The van der Waals surface area contributed by atoms with Gasteiger partial charge in [-0.15, -0.1) is 11.3 Å². The summed E-state index contributed by atoms with van der Waals surface area (Å²) in [4.78, 5) is 24.1. The minimum Gasteiger partial charge on any atom is -0.321 e. The van der Waals surface area contributed by atoms with Crippen LogP contribution in [-0.4, -0.2) is 15.7 Å². The van der Waals surface area contributed by atoms with E-state index in [1.807, 2.05) is 35.7 Å². The van der Waals surface area contributed by atoms with E-state index in [4.69, 9.17) is 0 Å². The van der Waals surface area contributed by atoms with Gasteiger partial charge in [-0.05, 0) is 29.6 Å². The summed E-state index contributed by atoms with van der Waals surface area (Å²) < 4.78 is 1.28. The van der Waals surface area contributed by atoms with Gasteiger partial charge in [0.2, 0.25) is 0 Å². The van der Waals surface area contributed by atoms with Gasteiger partial charge in [0.05, 0.1) is 10.6 Å². The molecule has 0 aliphatic rings. The van der Waals surface area contributed by atoms with Gasteiger partial charge in [0.1, 0.15) is 0 Å². The molecule has 0 atom stereocenters. The van der Waals surface area contributed by atoms with E-state index >= 15 is 0 Å². The van der Waals surface area contributed by atoms with E-state index in [-0.39, 0.29) is 11.5 Å². The number of nitrogens with one attached hydrogen (secondary N) is 1. The summed E-state index contributed by atoms with van der Waals surface area (Å²) in [6.07, 6.45) is 0. The SMILES string of the molecule is Cn1nc(-c2cccc(NC(=O)c3cccs3)c2)ccc1=O. The Balaban J connectivity index is 1.87. The topological polar surface area (TPSA) is 64.0 Å². The molecule has 0 fully saturated rings. The number of anilines is 1. The molecule has 0 saturated heterocycles. The van der Waals surface area contributed by atoms with E-state index in [1.165, 1.54) is 22.1 Å². The maximum atomic E-state index is 12.1. The third-order valence-electron chi connectivity index (χ3n) is 3.12. The molecule has 3 rings (SSSR count). The van der Waals surface area contributed by atoms with Crippen LogP contribution < -0.4 is 10.9 Å². The van der Waals surface area contributed by atoms with Crippen LogP contribution in [-0.2, 0) is 7.05 Å². The normalized spacial score (nSPS) is 10.4. The molecule has 110 valence electrons. The van der Waals surface area contributed by atoms with Crippen LogP contribution >= 0.6 is 11.3 Å². The standard InChI is InChI=1S/C16H13N3O2S/c1-19-15(20)8-7-13(18-19)11-4-2-5-12(10-11)17-16(21)14-6-3-9-22-14/h2-10H,1H3,(H,17,21). The number of nitrogens with zero attached hydrogens (tertiary/aromatic N) is 2. The zero-order valence-electron chi connectivity index (χ0n) is 11.8. The van der Waals surface area contributed by atoms with E-state index in [0.29, 0.717) is 16.3 Å². The first kappa shape index (κ1) is 14.2. The van der Waals surface area contributed by atoms with E-state index in [0.717, 1.165) is 5.56 Å². The number of benzene rings is 1. The summed E-state index contributed by atoms with van der Waals surface area (Å²) in [6.45, 7) is 0. The van der Waals surface area contributed by atoms with Gasteiger partial charge < -0.3 is 5.32 Å². The first-order valence-corrected chi connectivity index (χ1v) is 7.51. The predicted octanol–water partition coefficient (Wildman–Crippen LogP) is 2.76. The molecule has 0 aliphatic carbocycles. The molecule has 22 heavy (non-hydrogen) atoms. The van der Waals surface area contributed by atoms with Crippen LogP contribution in [0.3, 0.4) is 0 Å². The molecule has 2 aromatic heterocycles. The van der Waals surface area contributed by atoms with Crippen molar-refractivity contribution in [2.75, 3.05) is 5.32 Å². The molecule has 0 aliphatic heterocycles. The molecule has 0 spiro atoms. The number of carbonyl (C=O) groups is 1. The fourth-order valence-electron chi connectivity index (χ4n) is 2.01. The van der Waals surface area contributed by atoms with Gasteiger partial charge in [0, 0.05) is 24.4 Å². The Bertz CT molecular complexity index is 869. The van der Waals surface area contributed by atoms with Gasteiger partial charge in [0.15, 0.2) is 0 Å². The average Bonchev–Trinajstić information content (AvgIpc) is 3.05. The number of hydrogen-bond acceptors (Lipinski definition) is 4. The molecule has 0 unspecified atom stereocenters. The lowest BCUT2D eigenvalue weighted by molar-refractivity contribution is 0.103. The third-order valence-corrected chi connectivity index (χ3v) is 3.99. The molecule has 1 N–H and O–H groups in total. The molecule has 0 radical (unpaired) electrons. The van der Waals surface area contributed by atoms with Crippen molar-refractivity contribution in [3.8, 4) is 11.3 Å². The van der Waals surface area contributed by atoms with Crippen molar-refractivity contribution >= 4 is 22.9 Å². The monoisotopic (exact) mass is 311 g/mol. The number of carbonyl (C=O) groups excluding carboxylic acids is 1. The minimum absolute atomic E-state index is 0.138. The Morgan fingerprint density at radius 2 is 2.05 bits per heavy atom. The highest BCUT2D eigenvalue weighted by Crippen LogP contribution is 2.21. The Hall–Kier alpha value is -2.73. The molecule has 1 aromatic carbocycles. The van der Waals surface area contributed by atoms with Crippen LogP contribution in [0, 0.1) is 0 Å². The Kier molecular flexibility index (Phi) is 3.84. The van der Waals surface area contributed by atoms with Crippen LogP contribution in [0.2, 0.25) is 0 Å². The molecular weight excluding hydrogens is 298 g/mol. The highest BCUT2D eigenvalue weighted by atomic mass is 32.1. The number of aryl methyl sites for hydroxylation is 1. The summed E-state index contributed by atoms with van der Waals surface area (Å²) in [5.74, 6) is -0.138. The lowest BCUT2D eigenvalue weighted by Crippen LogP contribution is -2.18. The second-order valence-electron chi connectivity index (χ2n) is 4.69. The highest BCUT2D eigenvalue weighted by molar-refractivity contribution is 7.12. The number of aromatic nitrogens is 2. The van der Waals surface area contributed by atoms with Crippen molar-refractivity contribution in [3.63, 3.8) is 0 Å². The maximum Gasteiger partial charge on any atom is 0.266 e. The quantitative estimate of drug-likeness (QED) is 0.809. The molecule has 0 saturated carbocycles. The molecule has 1 amide bonds. The van der Waals surface area contributed by atoms with Crippen molar-refractivity contribution in [3.05, 3.63) is 69.1 Å². The number of rotatable bonds is 3. The first-order valence-electron chi connectivity index (χ1n) is 6.63. The Labute approximate surface area is 130 Å². The van der Waals surface area contributed by atoms with Gasteiger partial charge in [-0.2, -0.15) is 5.10 Å². The number of hydrogen-bond donors (Lipinski definition) is 1. The summed E-state index contributed by atoms with van der Waals surface area (Å²) in [6, 6.07) is 14.1. The predicted molar refractivity (Wildman–Crippen MR) is 87.2 cm³/mol. The summed E-state index contributed by atoms with van der Waals surface area (Å²) in [7, 11) is 1.61. The van der Waals surface area contributed by atoms with Gasteiger partial charge in [-0.3, -0.25) is 9.59 Å². The zero-order valence-corrected chi connectivity index (χ0v) is 12.6. The van der Waals surface area contributed by atoms with Crippen LogP contribution in [0.5, 0.6) is 0 Å². The third kappa shape index (κ3) is 2.96. The van der Waals surface area contributed by atoms with Crippen LogP contribution in [0.4, 0.5) is 5.69 Å². The second-order valence-corrected chi connectivity index (χ2v) is 5.64. The summed E-state index contributed by atoms with van der Waals surface area (Å²) in [5, 5.41) is 8.92. The second kappa shape index (κ2) is 5.95. The van der Waals surface area contributed by atoms with Crippen LogP contribution in [0.1, 0.15) is 9.67 Å². The van der Waals surface area contributed by atoms with Crippen molar-refractivity contribution in [2.45, 2.75) is 0 Å². The molecule has 3 aromatic rings. The molecule has 6 heteroatoms. The fraction of sp³-hybridized carbons (Fsp3) is 0.0625.